The van der Waals surface area contributed by atoms with Crippen LogP contribution < -0.4 is 5.32 Å². The molecule has 1 fully saturated rings. The molecule has 2 rings (SSSR count). The first-order chi connectivity index (χ1) is 9.47. The average Bonchev–Trinajstić information content (AvgIpc) is 2.43. The molecular formula is C19H31N. The molecule has 1 aromatic rings. The third-order valence-corrected chi connectivity index (χ3v) is 5.03. The smallest absolute Gasteiger partial charge is 0.0294 e. The van der Waals surface area contributed by atoms with E-state index >= 15 is 0 Å². The predicted octanol–water partition coefficient (Wildman–Crippen LogP) is 5.29. The van der Waals surface area contributed by atoms with E-state index in [1.165, 1.54) is 30.4 Å². The average molecular weight is 273 g/mol. The van der Waals surface area contributed by atoms with E-state index < -0.39 is 0 Å². The third-order valence-electron chi connectivity index (χ3n) is 5.03. The summed E-state index contributed by atoms with van der Waals surface area (Å²) in [6.45, 7) is 11.6. The van der Waals surface area contributed by atoms with Crippen molar-refractivity contribution in [3.8, 4) is 0 Å². The highest BCUT2D eigenvalue weighted by atomic mass is 15.0. The largest absolute Gasteiger partial charge is 0.307 e. The van der Waals surface area contributed by atoms with Gasteiger partial charge in [0, 0.05) is 12.1 Å². The van der Waals surface area contributed by atoms with Crippen molar-refractivity contribution in [3.05, 3.63) is 35.4 Å². The molecule has 20 heavy (non-hydrogen) atoms. The van der Waals surface area contributed by atoms with E-state index in [1.807, 2.05) is 0 Å². The summed E-state index contributed by atoms with van der Waals surface area (Å²) in [6, 6.07) is 10.3. The number of benzene rings is 1. The van der Waals surface area contributed by atoms with Crippen LogP contribution >= 0.6 is 0 Å². The zero-order valence-corrected chi connectivity index (χ0v) is 13.8. The molecule has 0 heterocycles. The lowest BCUT2D eigenvalue weighted by atomic mass is 9.79. The molecule has 0 bridgehead atoms. The Bertz CT molecular complexity index is 406. The lowest BCUT2D eigenvalue weighted by Crippen LogP contribution is -2.40. The number of rotatable bonds is 4. The van der Waals surface area contributed by atoms with Gasteiger partial charge in [-0.3, -0.25) is 0 Å². The maximum Gasteiger partial charge on any atom is 0.0294 e. The highest BCUT2D eigenvalue weighted by Crippen LogP contribution is 2.30. The molecule has 0 radical (unpaired) electrons. The molecule has 0 spiro atoms. The summed E-state index contributed by atoms with van der Waals surface area (Å²) in [5, 5.41) is 3.86. The Labute approximate surface area is 125 Å². The Balaban J connectivity index is 1.98. The molecule has 1 aliphatic rings. The summed E-state index contributed by atoms with van der Waals surface area (Å²) >= 11 is 0. The van der Waals surface area contributed by atoms with Gasteiger partial charge >= 0.3 is 0 Å². The first-order valence-electron chi connectivity index (χ1n) is 8.33. The number of hydrogen-bond acceptors (Lipinski definition) is 1. The Hall–Kier alpha value is -0.820. The molecule has 0 amide bonds. The molecule has 4 atom stereocenters. The zero-order valence-electron chi connectivity index (χ0n) is 13.8. The van der Waals surface area contributed by atoms with Gasteiger partial charge in [-0.2, -0.15) is 0 Å². The van der Waals surface area contributed by atoms with Crippen LogP contribution in [0.2, 0.25) is 0 Å². The van der Waals surface area contributed by atoms with Crippen LogP contribution in [-0.4, -0.2) is 6.04 Å². The minimum Gasteiger partial charge on any atom is -0.307 e. The molecule has 1 aliphatic carbocycles. The molecule has 1 nitrogen and oxygen atoms in total. The highest BCUT2D eigenvalue weighted by Gasteiger charge is 2.26. The monoisotopic (exact) mass is 273 g/mol. The van der Waals surface area contributed by atoms with Crippen molar-refractivity contribution in [1.29, 1.82) is 0 Å². The molecule has 1 N–H and O–H groups in total. The Kier molecular flexibility index (Phi) is 5.26. The standard InChI is InChI=1S/C19H31N/c1-13(2)17-8-10-18(11-9-17)16(5)20-19-12-14(3)6-7-15(19)4/h8-11,13-16,19-20H,6-7,12H2,1-5H3. The summed E-state index contributed by atoms with van der Waals surface area (Å²) in [6.07, 6.45) is 4.10. The van der Waals surface area contributed by atoms with E-state index in [0.29, 0.717) is 18.0 Å². The van der Waals surface area contributed by atoms with Crippen molar-refractivity contribution in [2.24, 2.45) is 11.8 Å². The van der Waals surface area contributed by atoms with Crippen molar-refractivity contribution < 1.29 is 0 Å². The van der Waals surface area contributed by atoms with Crippen LogP contribution in [0.15, 0.2) is 24.3 Å². The summed E-state index contributed by atoms with van der Waals surface area (Å²) in [4.78, 5) is 0. The van der Waals surface area contributed by atoms with E-state index in [-0.39, 0.29) is 0 Å². The normalized spacial score (nSPS) is 28.6. The molecule has 4 unspecified atom stereocenters. The fourth-order valence-corrected chi connectivity index (χ4v) is 3.35. The van der Waals surface area contributed by atoms with Crippen LogP contribution in [0.5, 0.6) is 0 Å². The Morgan fingerprint density at radius 3 is 2.15 bits per heavy atom. The topological polar surface area (TPSA) is 12.0 Å². The molecule has 112 valence electrons. The Morgan fingerprint density at radius 2 is 1.55 bits per heavy atom. The van der Waals surface area contributed by atoms with E-state index in [2.05, 4.69) is 64.2 Å². The van der Waals surface area contributed by atoms with Crippen LogP contribution in [-0.2, 0) is 0 Å². The van der Waals surface area contributed by atoms with Gasteiger partial charge in [-0.25, -0.2) is 0 Å². The summed E-state index contributed by atoms with van der Waals surface area (Å²) in [5.74, 6) is 2.30. The van der Waals surface area contributed by atoms with Gasteiger partial charge in [-0.05, 0) is 48.6 Å². The van der Waals surface area contributed by atoms with Gasteiger partial charge in [0.2, 0.25) is 0 Å². The maximum absolute atomic E-state index is 3.86. The molecule has 1 saturated carbocycles. The number of hydrogen-bond donors (Lipinski definition) is 1. The van der Waals surface area contributed by atoms with E-state index in [9.17, 15) is 0 Å². The quantitative estimate of drug-likeness (QED) is 0.786. The van der Waals surface area contributed by atoms with E-state index in [0.717, 1.165) is 11.8 Å². The fourth-order valence-electron chi connectivity index (χ4n) is 3.35. The van der Waals surface area contributed by atoms with Crippen LogP contribution in [0.1, 0.15) is 77.0 Å². The zero-order chi connectivity index (χ0) is 14.7. The lowest BCUT2D eigenvalue weighted by Gasteiger charge is -2.35. The second-order valence-electron chi connectivity index (χ2n) is 7.21. The van der Waals surface area contributed by atoms with Crippen molar-refractivity contribution in [1.82, 2.24) is 5.32 Å². The molecular weight excluding hydrogens is 242 g/mol. The first kappa shape index (κ1) is 15.6. The molecule has 0 saturated heterocycles. The first-order valence-corrected chi connectivity index (χ1v) is 8.33. The van der Waals surface area contributed by atoms with Crippen LogP contribution in [0.4, 0.5) is 0 Å². The third kappa shape index (κ3) is 3.85. The van der Waals surface area contributed by atoms with Crippen LogP contribution in [0.3, 0.4) is 0 Å². The summed E-state index contributed by atoms with van der Waals surface area (Å²) < 4.78 is 0. The number of nitrogens with one attached hydrogen (secondary N) is 1. The molecule has 1 aromatic carbocycles. The van der Waals surface area contributed by atoms with Crippen molar-refractivity contribution in [2.45, 2.75) is 71.9 Å². The second-order valence-corrected chi connectivity index (χ2v) is 7.21. The van der Waals surface area contributed by atoms with Gasteiger partial charge in [-0.1, -0.05) is 58.4 Å². The van der Waals surface area contributed by atoms with Crippen LogP contribution in [0, 0.1) is 11.8 Å². The van der Waals surface area contributed by atoms with Crippen molar-refractivity contribution in [3.63, 3.8) is 0 Å². The predicted molar refractivity (Wildman–Crippen MR) is 88.0 cm³/mol. The summed E-state index contributed by atoms with van der Waals surface area (Å²) in [5.41, 5.74) is 2.85. The molecule has 0 aromatic heterocycles. The van der Waals surface area contributed by atoms with E-state index in [1.54, 1.807) is 0 Å². The van der Waals surface area contributed by atoms with Gasteiger partial charge in [-0.15, -0.1) is 0 Å². The van der Waals surface area contributed by atoms with Crippen molar-refractivity contribution >= 4 is 0 Å². The second kappa shape index (κ2) is 6.76. The van der Waals surface area contributed by atoms with Gasteiger partial charge < -0.3 is 5.32 Å². The fraction of sp³-hybridized carbons (Fsp3) is 0.684. The SMILES string of the molecule is CC1CCC(C)C(NC(C)c2ccc(C(C)C)cc2)C1. The minimum absolute atomic E-state index is 0.453. The van der Waals surface area contributed by atoms with Crippen LogP contribution in [0.25, 0.3) is 0 Å². The summed E-state index contributed by atoms with van der Waals surface area (Å²) in [7, 11) is 0. The van der Waals surface area contributed by atoms with Gasteiger partial charge in [0.15, 0.2) is 0 Å². The minimum atomic E-state index is 0.453. The maximum atomic E-state index is 3.86. The van der Waals surface area contributed by atoms with E-state index in [4.69, 9.17) is 0 Å². The lowest BCUT2D eigenvalue weighted by molar-refractivity contribution is 0.216. The van der Waals surface area contributed by atoms with Crippen molar-refractivity contribution in [2.75, 3.05) is 0 Å². The Morgan fingerprint density at radius 1 is 0.950 bits per heavy atom. The van der Waals surface area contributed by atoms with Gasteiger partial charge in [0.25, 0.3) is 0 Å². The van der Waals surface area contributed by atoms with Gasteiger partial charge in [0.1, 0.15) is 0 Å². The molecule has 1 heteroatoms. The molecule has 0 aliphatic heterocycles. The highest BCUT2D eigenvalue weighted by molar-refractivity contribution is 5.26. The van der Waals surface area contributed by atoms with Gasteiger partial charge in [0.05, 0.1) is 0 Å².